The van der Waals surface area contributed by atoms with Crippen LogP contribution in [0.3, 0.4) is 0 Å². The Morgan fingerprint density at radius 2 is 1.88 bits per heavy atom. The van der Waals surface area contributed by atoms with Crippen LogP contribution in [0, 0.1) is 19.7 Å². The molecule has 0 radical (unpaired) electrons. The average molecular weight is 345 g/mol. The van der Waals surface area contributed by atoms with Gasteiger partial charge in [-0.1, -0.05) is 12.1 Å². The molecule has 0 bridgehead atoms. The molecule has 1 aromatic carbocycles. The van der Waals surface area contributed by atoms with Gasteiger partial charge >= 0.3 is 0 Å². The van der Waals surface area contributed by atoms with Crippen molar-refractivity contribution in [2.45, 2.75) is 26.8 Å². The third-order valence-electron chi connectivity index (χ3n) is 3.83. The van der Waals surface area contributed by atoms with Gasteiger partial charge in [0, 0.05) is 36.0 Å². The first-order valence-electron chi connectivity index (χ1n) is 7.87. The normalized spacial score (nSPS) is 10.4. The summed E-state index contributed by atoms with van der Waals surface area (Å²) in [5.74, 6) is -1.46. The molecule has 0 aliphatic carbocycles. The Balaban J connectivity index is 1.80. The molecule has 7 heteroatoms. The fourth-order valence-electron chi connectivity index (χ4n) is 2.29. The van der Waals surface area contributed by atoms with Crippen LogP contribution in [0.1, 0.15) is 33.6 Å². The topological polar surface area (TPSA) is 91.1 Å². The van der Waals surface area contributed by atoms with Crippen LogP contribution in [0.25, 0.3) is 0 Å². The van der Waals surface area contributed by atoms with E-state index < -0.39 is 11.7 Å². The highest BCUT2D eigenvalue weighted by Gasteiger charge is 2.11. The molecule has 6 nitrogen and oxygen atoms in total. The molecule has 0 saturated heterocycles. The van der Waals surface area contributed by atoms with Gasteiger partial charge in [0.05, 0.1) is 12.1 Å². The van der Waals surface area contributed by atoms with Crippen LogP contribution in [0.15, 0.2) is 35.3 Å². The Hall–Kier alpha value is -2.96. The lowest BCUT2D eigenvalue weighted by Crippen LogP contribution is -2.31. The van der Waals surface area contributed by atoms with Gasteiger partial charge < -0.3 is 15.6 Å². The summed E-state index contributed by atoms with van der Waals surface area (Å²) in [5, 5.41) is 5.18. The number of hydrogen-bond acceptors (Lipinski definition) is 3. The zero-order valence-corrected chi connectivity index (χ0v) is 14.1. The van der Waals surface area contributed by atoms with E-state index in [1.807, 2.05) is 0 Å². The Morgan fingerprint density at radius 1 is 1.16 bits per heavy atom. The second kappa shape index (κ2) is 8.23. The van der Waals surface area contributed by atoms with E-state index in [2.05, 4.69) is 15.6 Å². The van der Waals surface area contributed by atoms with E-state index >= 15 is 0 Å². The average Bonchev–Trinajstić information content (AvgIpc) is 2.59. The first kappa shape index (κ1) is 18.4. The predicted molar refractivity (Wildman–Crippen MR) is 91.7 cm³/mol. The van der Waals surface area contributed by atoms with Crippen molar-refractivity contribution < 1.29 is 14.0 Å². The number of aryl methyl sites for hydroxylation is 1. The smallest absolute Gasteiger partial charge is 0.254 e. The number of halogens is 1. The van der Waals surface area contributed by atoms with Crippen molar-refractivity contribution in [3.05, 3.63) is 68.9 Å². The molecule has 3 N–H and O–H groups in total. The van der Waals surface area contributed by atoms with Gasteiger partial charge in [-0.15, -0.1) is 0 Å². The number of carbonyl (C=O) groups is 2. The molecule has 25 heavy (non-hydrogen) atoms. The minimum Gasteiger partial charge on any atom is -0.363 e. The van der Waals surface area contributed by atoms with Crippen molar-refractivity contribution in [3.8, 4) is 0 Å². The molecule has 0 atom stereocenters. The highest BCUT2D eigenvalue weighted by Crippen LogP contribution is 2.05. The van der Waals surface area contributed by atoms with Crippen molar-refractivity contribution in [1.82, 2.24) is 15.6 Å². The van der Waals surface area contributed by atoms with Gasteiger partial charge in [0.15, 0.2) is 5.43 Å². The summed E-state index contributed by atoms with van der Waals surface area (Å²) in [6.45, 7) is 3.69. The predicted octanol–water partition coefficient (Wildman–Crippen LogP) is 1.57. The standard InChI is InChI=1S/C18H20FN3O3/c1-11-9-21-15(12(2)17(11)24)10-22-16(23)7-8-20-18(25)13-5-3-4-6-14(13)19/h3-6,9H,7-8,10H2,1-2H3,(H,20,25)(H,21,24)(H,22,23). The van der Waals surface area contributed by atoms with Gasteiger partial charge in [0.1, 0.15) is 5.82 Å². The van der Waals surface area contributed by atoms with Crippen molar-refractivity contribution >= 4 is 11.8 Å². The Morgan fingerprint density at radius 3 is 2.60 bits per heavy atom. The minimum absolute atomic E-state index is 0.0509. The summed E-state index contributed by atoms with van der Waals surface area (Å²) in [6.07, 6.45) is 1.65. The van der Waals surface area contributed by atoms with Gasteiger partial charge in [-0.2, -0.15) is 0 Å². The number of rotatable bonds is 6. The second-order valence-corrected chi connectivity index (χ2v) is 5.67. The zero-order valence-electron chi connectivity index (χ0n) is 14.1. The number of benzene rings is 1. The molecule has 0 aliphatic heterocycles. The molecular formula is C18H20FN3O3. The quantitative estimate of drug-likeness (QED) is 0.742. The van der Waals surface area contributed by atoms with Crippen LogP contribution in [-0.4, -0.2) is 23.3 Å². The second-order valence-electron chi connectivity index (χ2n) is 5.67. The van der Waals surface area contributed by atoms with E-state index in [1.165, 1.54) is 18.2 Å². The van der Waals surface area contributed by atoms with Crippen LogP contribution in [0.2, 0.25) is 0 Å². The fraction of sp³-hybridized carbons (Fsp3) is 0.278. The van der Waals surface area contributed by atoms with E-state index in [4.69, 9.17) is 0 Å². The largest absolute Gasteiger partial charge is 0.363 e. The molecule has 1 heterocycles. The molecule has 2 aromatic rings. The number of pyridine rings is 1. The number of hydrogen-bond donors (Lipinski definition) is 3. The number of carbonyl (C=O) groups excluding carboxylic acids is 2. The molecule has 1 aromatic heterocycles. The van der Waals surface area contributed by atoms with Crippen molar-refractivity contribution in [3.63, 3.8) is 0 Å². The first-order chi connectivity index (χ1) is 11.9. The van der Waals surface area contributed by atoms with E-state index in [1.54, 1.807) is 26.1 Å². The van der Waals surface area contributed by atoms with E-state index in [-0.39, 0.29) is 36.4 Å². The lowest BCUT2D eigenvalue weighted by atomic mass is 10.1. The van der Waals surface area contributed by atoms with E-state index in [0.29, 0.717) is 16.8 Å². The molecule has 0 unspecified atom stereocenters. The van der Waals surface area contributed by atoms with Crippen molar-refractivity contribution in [2.24, 2.45) is 0 Å². The molecular weight excluding hydrogens is 325 g/mol. The highest BCUT2D eigenvalue weighted by atomic mass is 19.1. The summed E-state index contributed by atoms with van der Waals surface area (Å²) in [6, 6.07) is 5.64. The number of nitrogens with one attached hydrogen (secondary N) is 3. The summed E-state index contributed by atoms with van der Waals surface area (Å²) in [7, 11) is 0. The Labute approximate surface area is 144 Å². The number of H-pyrrole nitrogens is 1. The van der Waals surface area contributed by atoms with Crippen LogP contribution < -0.4 is 16.1 Å². The molecule has 2 rings (SSSR count). The molecule has 0 fully saturated rings. The van der Waals surface area contributed by atoms with Crippen LogP contribution in [0.4, 0.5) is 4.39 Å². The van der Waals surface area contributed by atoms with Crippen molar-refractivity contribution in [1.29, 1.82) is 0 Å². The molecule has 0 spiro atoms. The van der Waals surface area contributed by atoms with Crippen LogP contribution in [-0.2, 0) is 11.3 Å². The monoisotopic (exact) mass is 345 g/mol. The number of aromatic amines is 1. The third kappa shape index (κ3) is 4.76. The van der Waals surface area contributed by atoms with Gasteiger partial charge in [-0.3, -0.25) is 14.4 Å². The van der Waals surface area contributed by atoms with Gasteiger partial charge in [-0.25, -0.2) is 4.39 Å². The van der Waals surface area contributed by atoms with Gasteiger partial charge in [0.25, 0.3) is 5.91 Å². The molecule has 0 saturated carbocycles. The summed E-state index contributed by atoms with van der Waals surface area (Å²) in [5.41, 5.74) is 1.70. The highest BCUT2D eigenvalue weighted by molar-refractivity contribution is 5.94. The minimum atomic E-state index is -0.608. The van der Waals surface area contributed by atoms with E-state index in [9.17, 15) is 18.8 Å². The van der Waals surface area contributed by atoms with E-state index in [0.717, 1.165) is 0 Å². The first-order valence-corrected chi connectivity index (χ1v) is 7.87. The fourth-order valence-corrected chi connectivity index (χ4v) is 2.29. The van der Waals surface area contributed by atoms with Crippen molar-refractivity contribution in [2.75, 3.05) is 6.54 Å². The van der Waals surface area contributed by atoms with Gasteiger partial charge in [-0.05, 0) is 26.0 Å². The van der Waals surface area contributed by atoms with Gasteiger partial charge in [0.2, 0.25) is 5.91 Å². The van der Waals surface area contributed by atoms with Crippen LogP contribution >= 0.6 is 0 Å². The molecule has 132 valence electrons. The number of aromatic nitrogens is 1. The summed E-state index contributed by atoms with van der Waals surface area (Å²) >= 11 is 0. The maximum Gasteiger partial charge on any atom is 0.254 e. The molecule has 2 amide bonds. The summed E-state index contributed by atoms with van der Waals surface area (Å²) < 4.78 is 13.5. The lowest BCUT2D eigenvalue weighted by Gasteiger charge is -2.09. The third-order valence-corrected chi connectivity index (χ3v) is 3.83. The summed E-state index contributed by atoms with van der Waals surface area (Å²) in [4.78, 5) is 38.5. The lowest BCUT2D eigenvalue weighted by molar-refractivity contribution is -0.121. The Bertz CT molecular complexity index is 846. The maximum absolute atomic E-state index is 13.5. The number of amides is 2. The SMILES string of the molecule is Cc1c[nH]c(CNC(=O)CCNC(=O)c2ccccc2F)c(C)c1=O. The Kier molecular flexibility index (Phi) is 6.05. The maximum atomic E-state index is 13.5. The zero-order chi connectivity index (χ0) is 18.4. The molecule has 0 aliphatic rings. The van der Waals surface area contributed by atoms with Crippen LogP contribution in [0.5, 0.6) is 0 Å².